The van der Waals surface area contributed by atoms with Crippen molar-refractivity contribution < 1.29 is 14.4 Å². The summed E-state index contributed by atoms with van der Waals surface area (Å²) in [4.78, 5) is 44.9. The van der Waals surface area contributed by atoms with Crippen molar-refractivity contribution in [2.45, 2.75) is 24.4 Å². The molecule has 1 N–H and O–H groups in total. The highest BCUT2D eigenvalue weighted by atomic mass is 35.5. The Morgan fingerprint density at radius 3 is 2.61 bits per heavy atom. The summed E-state index contributed by atoms with van der Waals surface area (Å²) in [6.45, 7) is 0.674. The molecule has 0 bridgehead atoms. The molecule has 4 heterocycles. The molecule has 1 spiro atoms. The predicted octanol–water partition coefficient (Wildman–Crippen LogP) is 3.92. The van der Waals surface area contributed by atoms with Crippen LogP contribution >= 0.6 is 11.6 Å². The predicted molar refractivity (Wildman–Crippen MR) is 125 cm³/mol. The summed E-state index contributed by atoms with van der Waals surface area (Å²) >= 11 is 6.34. The minimum Gasteiger partial charge on any atom is -0.324 e. The monoisotopic (exact) mass is 457 g/mol. The number of halogens is 1. The van der Waals surface area contributed by atoms with Gasteiger partial charge in [0.1, 0.15) is 5.54 Å². The van der Waals surface area contributed by atoms with E-state index in [-0.39, 0.29) is 23.8 Å². The third-order valence-corrected chi connectivity index (χ3v) is 8.18. The summed E-state index contributed by atoms with van der Waals surface area (Å²) < 4.78 is 0. The van der Waals surface area contributed by atoms with Crippen LogP contribution in [0.4, 0.5) is 11.4 Å². The van der Waals surface area contributed by atoms with Crippen LogP contribution in [0.15, 0.2) is 60.7 Å². The van der Waals surface area contributed by atoms with Gasteiger partial charge in [-0.1, -0.05) is 41.9 Å². The average Bonchev–Trinajstić information content (AvgIpc) is 3.52. The summed E-state index contributed by atoms with van der Waals surface area (Å²) in [5, 5.41) is 5.48. The van der Waals surface area contributed by atoms with Crippen LogP contribution in [0, 0.1) is 11.8 Å². The number of anilines is 2. The first-order valence-corrected chi connectivity index (χ1v) is 11.6. The summed E-state index contributed by atoms with van der Waals surface area (Å²) in [6.07, 6.45) is 1.67. The molecule has 0 radical (unpaired) electrons. The van der Waals surface area contributed by atoms with Crippen molar-refractivity contribution in [3.8, 4) is 0 Å². The topological polar surface area (TPSA) is 69.7 Å². The number of nitrogens with one attached hydrogen (secondary N) is 1. The number of carbonyl (C=O) groups excluding carboxylic acids is 3. The SMILES string of the molecule is O=C1[C@@H]2[C@@H]3CCCN3[C@@]3(C(=O)Nc4ccc(Cl)cc43)[C@H]2C(=O)N1c1ccc2ccccc2c1. The number of imide groups is 1. The van der Waals surface area contributed by atoms with Crippen LogP contribution in [0.2, 0.25) is 5.02 Å². The third kappa shape index (κ3) is 2.25. The van der Waals surface area contributed by atoms with Crippen molar-refractivity contribution in [2.75, 3.05) is 16.8 Å². The summed E-state index contributed by atoms with van der Waals surface area (Å²) in [5.41, 5.74) is 0.730. The Balaban J connectivity index is 1.42. The maximum absolute atomic E-state index is 14.0. The van der Waals surface area contributed by atoms with E-state index in [4.69, 9.17) is 11.6 Å². The Morgan fingerprint density at radius 2 is 1.76 bits per heavy atom. The third-order valence-electron chi connectivity index (χ3n) is 7.95. The van der Waals surface area contributed by atoms with Gasteiger partial charge in [-0.3, -0.25) is 19.3 Å². The van der Waals surface area contributed by atoms with Crippen molar-refractivity contribution in [3.63, 3.8) is 0 Å². The molecule has 0 aliphatic carbocycles. The zero-order valence-corrected chi connectivity index (χ0v) is 18.4. The maximum Gasteiger partial charge on any atom is 0.250 e. The molecule has 0 saturated carbocycles. The van der Waals surface area contributed by atoms with E-state index in [1.807, 2.05) is 42.5 Å². The van der Waals surface area contributed by atoms with E-state index in [9.17, 15) is 14.4 Å². The first-order valence-electron chi connectivity index (χ1n) is 11.3. The first kappa shape index (κ1) is 19.3. The van der Waals surface area contributed by atoms with Gasteiger partial charge in [-0.05, 0) is 60.5 Å². The van der Waals surface area contributed by atoms with Crippen molar-refractivity contribution in [1.29, 1.82) is 0 Å². The van der Waals surface area contributed by atoms with E-state index in [1.54, 1.807) is 18.2 Å². The number of hydrogen-bond acceptors (Lipinski definition) is 4. The second-order valence-corrected chi connectivity index (χ2v) is 9.80. The van der Waals surface area contributed by atoms with Gasteiger partial charge in [-0.25, -0.2) is 4.90 Å². The Hall–Kier alpha value is -3.22. The molecule has 3 fully saturated rings. The molecule has 0 aromatic heterocycles. The van der Waals surface area contributed by atoms with Crippen molar-refractivity contribution in [3.05, 3.63) is 71.2 Å². The molecule has 164 valence electrons. The molecule has 4 aliphatic heterocycles. The fourth-order valence-corrected chi connectivity index (χ4v) is 6.92. The molecule has 6 nitrogen and oxygen atoms in total. The van der Waals surface area contributed by atoms with E-state index in [1.165, 1.54) is 4.90 Å². The minimum absolute atomic E-state index is 0.146. The normalized spacial score (nSPS) is 30.3. The van der Waals surface area contributed by atoms with E-state index < -0.39 is 17.4 Å². The lowest BCUT2D eigenvalue weighted by molar-refractivity contribution is -0.135. The Morgan fingerprint density at radius 1 is 0.939 bits per heavy atom. The lowest BCUT2D eigenvalue weighted by Crippen LogP contribution is -2.54. The van der Waals surface area contributed by atoms with Crippen LogP contribution in [0.1, 0.15) is 18.4 Å². The quantitative estimate of drug-likeness (QED) is 0.562. The molecule has 33 heavy (non-hydrogen) atoms. The number of hydrogen-bond donors (Lipinski definition) is 1. The average molecular weight is 458 g/mol. The van der Waals surface area contributed by atoms with E-state index in [0.717, 1.165) is 23.6 Å². The number of amides is 3. The summed E-state index contributed by atoms with van der Waals surface area (Å²) in [6, 6.07) is 18.6. The van der Waals surface area contributed by atoms with E-state index in [2.05, 4.69) is 10.2 Å². The molecule has 3 amide bonds. The lowest BCUT2D eigenvalue weighted by atomic mass is 9.75. The van der Waals surface area contributed by atoms with Gasteiger partial charge in [-0.2, -0.15) is 0 Å². The highest BCUT2D eigenvalue weighted by Gasteiger charge is 2.74. The summed E-state index contributed by atoms with van der Waals surface area (Å²) in [5.74, 6) is -2.08. The van der Waals surface area contributed by atoms with Crippen molar-refractivity contribution in [1.82, 2.24) is 4.90 Å². The van der Waals surface area contributed by atoms with Gasteiger partial charge in [0.05, 0.1) is 17.5 Å². The summed E-state index contributed by atoms with van der Waals surface area (Å²) in [7, 11) is 0. The highest BCUT2D eigenvalue weighted by molar-refractivity contribution is 6.31. The van der Waals surface area contributed by atoms with Gasteiger partial charge in [0.15, 0.2) is 0 Å². The number of rotatable bonds is 1. The fraction of sp³-hybridized carbons (Fsp3) is 0.269. The molecule has 7 heteroatoms. The van der Waals surface area contributed by atoms with Crippen LogP contribution in [0.5, 0.6) is 0 Å². The van der Waals surface area contributed by atoms with E-state index in [0.29, 0.717) is 28.5 Å². The van der Waals surface area contributed by atoms with E-state index >= 15 is 0 Å². The van der Waals surface area contributed by atoms with Crippen molar-refractivity contribution in [2.24, 2.45) is 11.8 Å². The Bertz CT molecular complexity index is 1400. The number of fused-ring (bicyclic) bond motifs is 8. The number of nitrogens with zero attached hydrogens (tertiary/aromatic N) is 2. The van der Waals surface area contributed by atoms with Crippen LogP contribution in [-0.4, -0.2) is 35.2 Å². The molecule has 0 unspecified atom stereocenters. The maximum atomic E-state index is 14.0. The Kier molecular flexibility index (Phi) is 3.75. The van der Waals surface area contributed by atoms with Crippen LogP contribution in [-0.2, 0) is 19.9 Å². The zero-order chi connectivity index (χ0) is 22.5. The second kappa shape index (κ2) is 6.43. The molecule has 4 aliphatic rings. The van der Waals surface area contributed by atoms with Gasteiger partial charge in [0.2, 0.25) is 17.7 Å². The largest absolute Gasteiger partial charge is 0.324 e. The van der Waals surface area contributed by atoms with Gasteiger partial charge in [-0.15, -0.1) is 0 Å². The standard InChI is InChI=1S/C26H20ClN3O3/c27-16-8-10-19-18(13-16)26(25(33)28-19)22-21(20-6-3-11-29(20)26)23(31)30(24(22)32)17-9-7-14-4-1-2-5-15(14)12-17/h1-2,4-5,7-10,12-13,20-22H,3,6,11H2,(H,28,33)/t20-,21+,22+,26+/m0/s1. The molecular weight excluding hydrogens is 438 g/mol. The molecule has 4 atom stereocenters. The van der Waals surface area contributed by atoms with Crippen molar-refractivity contribution >= 4 is 51.5 Å². The fourth-order valence-electron chi connectivity index (χ4n) is 6.75. The molecule has 3 aromatic rings. The second-order valence-electron chi connectivity index (χ2n) is 9.36. The number of carbonyl (C=O) groups is 3. The number of benzene rings is 3. The highest BCUT2D eigenvalue weighted by Crippen LogP contribution is 2.60. The van der Waals surface area contributed by atoms with Gasteiger partial charge in [0.25, 0.3) is 0 Å². The Labute approximate surface area is 195 Å². The molecule has 3 saturated heterocycles. The molecular formula is C26H20ClN3O3. The smallest absolute Gasteiger partial charge is 0.250 e. The van der Waals surface area contributed by atoms with Crippen LogP contribution in [0.3, 0.4) is 0 Å². The first-order chi connectivity index (χ1) is 16.0. The van der Waals surface area contributed by atoms with Gasteiger partial charge >= 0.3 is 0 Å². The van der Waals surface area contributed by atoms with Crippen LogP contribution in [0.25, 0.3) is 10.8 Å². The molecule has 7 rings (SSSR count). The minimum atomic E-state index is -1.20. The zero-order valence-electron chi connectivity index (χ0n) is 17.6. The van der Waals surface area contributed by atoms with Gasteiger partial charge in [0, 0.05) is 22.3 Å². The molecule has 3 aromatic carbocycles. The van der Waals surface area contributed by atoms with Gasteiger partial charge < -0.3 is 5.32 Å². The van der Waals surface area contributed by atoms with Crippen LogP contribution < -0.4 is 10.2 Å². The lowest BCUT2D eigenvalue weighted by Gasteiger charge is -2.36.